The van der Waals surface area contributed by atoms with Crippen molar-refractivity contribution in [3.05, 3.63) is 59.1 Å². The van der Waals surface area contributed by atoms with Crippen LogP contribution in [0.4, 0.5) is 0 Å². The molecule has 2 aromatic rings. The van der Waals surface area contributed by atoms with Gasteiger partial charge in [-0.25, -0.2) is 0 Å². The van der Waals surface area contributed by atoms with Crippen molar-refractivity contribution in [2.24, 2.45) is 0 Å². The molecule has 0 spiro atoms. The van der Waals surface area contributed by atoms with Crippen molar-refractivity contribution in [3.63, 3.8) is 0 Å². The van der Waals surface area contributed by atoms with Gasteiger partial charge >= 0.3 is 0 Å². The molecule has 0 saturated heterocycles. The smallest absolute Gasteiger partial charge is 0.120 e. The molecule has 0 fully saturated rings. The fraction of sp³-hybridized carbons (Fsp3) is 0.143. The number of benzene rings is 2. The number of rotatable bonds is 4. The molecule has 2 nitrogen and oxygen atoms in total. The lowest BCUT2D eigenvalue weighted by atomic mass is 10.2. The number of hydrogen-bond donors (Lipinski definition) is 0. The van der Waals surface area contributed by atoms with Gasteiger partial charge in [-0.3, -0.25) is 0 Å². The van der Waals surface area contributed by atoms with E-state index in [-0.39, 0.29) is 0 Å². The SMILES string of the molecule is COc1ccc(OCc2ccc(Cl)cc2)cc1. The van der Waals surface area contributed by atoms with E-state index in [0.29, 0.717) is 6.61 Å². The highest BCUT2D eigenvalue weighted by atomic mass is 35.5. The van der Waals surface area contributed by atoms with Crippen molar-refractivity contribution in [2.45, 2.75) is 6.61 Å². The zero-order chi connectivity index (χ0) is 12.1. The molecule has 0 saturated carbocycles. The fourth-order valence-electron chi connectivity index (χ4n) is 1.42. The number of hydrogen-bond acceptors (Lipinski definition) is 2. The van der Waals surface area contributed by atoms with Crippen LogP contribution in [0.3, 0.4) is 0 Å². The van der Waals surface area contributed by atoms with Crippen LogP contribution in [0.1, 0.15) is 5.56 Å². The largest absolute Gasteiger partial charge is 0.497 e. The zero-order valence-corrected chi connectivity index (χ0v) is 10.3. The van der Waals surface area contributed by atoms with E-state index >= 15 is 0 Å². The second-order valence-electron chi connectivity index (χ2n) is 3.59. The molecule has 0 aliphatic carbocycles. The molecule has 17 heavy (non-hydrogen) atoms. The van der Waals surface area contributed by atoms with Gasteiger partial charge in [0.05, 0.1) is 7.11 Å². The topological polar surface area (TPSA) is 18.5 Å². The van der Waals surface area contributed by atoms with Crippen molar-refractivity contribution >= 4 is 11.6 Å². The second-order valence-corrected chi connectivity index (χ2v) is 4.03. The lowest BCUT2D eigenvalue weighted by Crippen LogP contribution is -1.94. The summed E-state index contributed by atoms with van der Waals surface area (Å²) in [7, 11) is 1.64. The average molecular weight is 249 g/mol. The van der Waals surface area contributed by atoms with E-state index < -0.39 is 0 Å². The van der Waals surface area contributed by atoms with E-state index in [4.69, 9.17) is 21.1 Å². The summed E-state index contributed by atoms with van der Waals surface area (Å²) in [6, 6.07) is 15.1. The monoisotopic (exact) mass is 248 g/mol. The van der Waals surface area contributed by atoms with Crippen LogP contribution >= 0.6 is 11.6 Å². The molecule has 88 valence electrons. The zero-order valence-electron chi connectivity index (χ0n) is 9.52. The third-order valence-electron chi connectivity index (χ3n) is 2.38. The molecule has 0 N–H and O–H groups in total. The van der Waals surface area contributed by atoms with Gasteiger partial charge in [-0.15, -0.1) is 0 Å². The van der Waals surface area contributed by atoms with Crippen LogP contribution in [0.2, 0.25) is 5.02 Å². The minimum atomic E-state index is 0.531. The van der Waals surface area contributed by atoms with Crippen molar-refractivity contribution < 1.29 is 9.47 Å². The van der Waals surface area contributed by atoms with Crippen LogP contribution in [0.5, 0.6) is 11.5 Å². The Kier molecular flexibility index (Phi) is 3.89. The molecule has 0 heterocycles. The third kappa shape index (κ3) is 3.40. The highest BCUT2D eigenvalue weighted by Gasteiger charge is 1.97. The van der Waals surface area contributed by atoms with Gasteiger partial charge in [0.25, 0.3) is 0 Å². The first-order valence-electron chi connectivity index (χ1n) is 5.29. The molecule has 0 aliphatic heterocycles. The summed E-state index contributed by atoms with van der Waals surface area (Å²) in [5.41, 5.74) is 1.09. The summed E-state index contributed by atoms with van der Waals surface area (Å²) >= 11 is 5.81. The van der Waals surface area contributed by atoms with Crippen LogP contribution < -0.4 is 9.47 Å². The van der Waals surface area contributed by atoms with Crippen LogP contribution in [0.15, 0.2) is 48.5 Å². The van der Waals surface area contributed by atoms with Gasteiger partial charge in [0.15, 0.2) is 0 Å². The maximum atomic E-state index is 5.81. The standard InChI is InChI=1S/C14H13ClO2/c1-16-13-6-8-14(9-7-13)17-10-11-2-4-12(15)5-3-11/h2-9H,10H2,1H3. The maximum absolute atomic E-state index is 5.81. The van der Waals surface area contributed by atoms with Gasteiger partial charge in [-0.1, -0.05) is 23.7 Å². The summed E-state index contributed by atoms with van der Waals surface area (Å²) in [5.74, 6) is 1.64. The Morgan fingerprint density at radius 3 is 2.06 bits per heavy atom. The molecular formula is C14H13ClO2. The molecular weight excluding hydrogens is 236 g/mol. The molecule has 0 bridgehead atoms. The van der Waals surface area contributed by atoms with E-state index in [2.05, 4.69) is 0 Å². The van der Waals surface area contributed by atoms with E-state index in [9.17, 15) is 0 Å². The summed E-state index contributed by atoms with van der Waals surface area (Å²) in [6.45, 7) is 0.531. The number of halogens is 1. The molecule has 2 aromatic carbocycles. The highest BCUT2D eigenvalue weighted by molar-refractivity contribution is 6.30. The second kappa shape index (κ2) is 5.60. The summed E-state index contributed by atoms with van der Waals surface area (Å²) in [6.07, 6.45) is 0. The van der Waals surface area contributed by atoms with Crippen LogP contribution in [-0.4, -0.2) is 7.11 Å². The molecule has 3 heteroatoms. The Bertz CT molecular complexity index is 463. The lowest BCUT2D eigenvalue weighted by molar-refractivity contribution is 0.305. The van der Waals surface area contributed by atoms with Gasteiger partial charge in [0.1, 0.15) is 18.1 Å². The molecule has 0 aliphatic rings. The van der Waals surface area contributed by atoms with E-state index in [0.717, 1.165) is 22.1 Å². The summed E-state index contributed by atoms with van der Waals surface area (Å²) in [5, 5.41) is 0.734. The first-order valence-corrected chi connectivity index (χ1v) is 5.67. The average Bonchev–Trinajstić information content (AvgIpc) is 2.39. The summed E-state index contributed by atoms with van der Waals surface area (Å²) in [4.78, 5) is 0. The normalized spacial score (nSPS) is 10.0. The molecule has 2 rings (SSSR count). The Morgan fingerprint density at radius 2 is 1.47 bits per heavy atom. The van der Waals surface area contributed by atoms with Gasteiger partial charge in [0, 0.05) is 5.02 Å². The molecule has 0 aromatic heterocycles. The first kappa shape index (κ1) is 11.8. The quantitative estimate of drug-likeness (QED) is 0.816. The minimum Gasteiger partial charge on any atom is -0.497 e. The predicted molar refractivity (Wildman–Crippen MR) is 68.8 cm³/mol. The Morgan fingerprint density at radius 1 is 0.882 bits per heavy atom. The van der Waals surface area contributed by atoms with Gasteiger partial charge < -0.3 is 9.47 Å². The van der Waals surface area contributed by atoms with E-state index in [1.807, 2.05) is 48.5 Å². The van der Waals surface area contributed by atoms with Crippen molar-refractivity contribution in [1.82, 2.24) is 0 Å². The van der Waals surface area contributed by atoms with Crippen LogP contribution in [0.25, 0.3) is 0 Å². The maximum Gasteiger partial charge on any atom is 0.120 e. The lowest BCUT2D eigenvalue weighted by Gasteiger charge is -2.07. The predicted octanol–water partition coefficient (Wildman–Crippen LogP) is 3.93. The van der Waals surface area contributed by atoms with Crippen molar-refractivity contribution in [2.75, 3.05) is 7.11 Å². The molecule has 0 amide bonds. The van der Waals surface area contributed by atoms with Crippen LogP contribution in [0, 0.1) is 0 Å². The summed E-state index contributed by atoms with van der Waals surface area (Å²) < 4.78 is 10.7. The van der Waals surface area contributed by atoms with Gasteiger partial charge in [-0.2, -0.15) is 0 Å². The van der Waals surface area contributed by atoms with E-state index in [1.165, 1.54) is 0 Å². The first-order chi connectivity index (χ1) is 8.28. The van der Waals surface area contributed by atoms with Crippen molar-refractivity contribution in [3.8, 4) is 11.5 Å². The number of ether oxygens (including phenoxy) is 2. The Hall–Kier alpha value is -1.67. The van der Waals surface area contributed by atoms with Gasteiger partial charge in [0.2, 0.25) is 0 Å². The van der Waals surface area contributed by atoms with Crippen molar-refractivity contribution in [1.29, 1.82) is 0 Å². The third-order valence-corrected chi connectivity index (χ3v) is 2.63. The highest BCUT2D eigenvalue weighted by Crippen LogP contribution is 2.18. The van der Waals surface area contributed by atoms with Gasteiger partial charge in [-0.05, 0) is 42.0 Å². The minimum absolute atomic E-state index is 0.531. The van der Waals surface area contributed by atoms with Crippen LogP contribution in [-0.2, 0) is 6.61 Å². The fourth-order valence-corrected chi connectivity index (χ4v) is 1.55. The molecule has 0 atom stereocenters. The Labute approximate surface area is 106 Å². The molecule has 0 unspecified atom stereocenters. The molecule has 0 radical (unpaired) electrons. The number of methoxy groups -OCH3 is 1. The Balaban J connectivity index is 1.95. The van der Waals surface area contributed by atoms with E-state index in [1.54, 1.807) is 7.11 Å².